The van der Waals surface area contributed by atoms with Crippen molar-refractivity contribution in [3.05, 3.63) is 38.5 Å². The molecule has 0 aromatic carbocycles. The Hall–Kier alpha value is -0.357. The number of carbonyl (C=O) groups excluding carboxylic acids is 6. The third kappa shape index (κ3) is 15.4. The first-order chi connectivity index (χ1) is 56.1. The van der Waals surface area contributed by atoms with Crippen molar-refractivity contribution in [1.82, 2.24) is 0 Å². The minimum Gasteiger partial charge on any atom is -0.324 e. The van der Waals surface area contributed by atoms with Crippen LogP contribution in [0.25, 0.3) is 0 Å². The summed E-state index contributed by atoms with van der Waals surface area (Å²) in [6.45, 7) is 0. The summed E-state index contributed by atoms with van der Waals surface area (Å²) in [5.41, 5.74) is 0.386. The van der Waals surface area contributed by atoms with Gasteiger partial charge in [0.1, 0.15) is 37.7 Å². The SMILES string of the molecule is O=C[C@]12CC[C@@H]3CCC[C@H]3[C@@H]1CC[C@H]1CCC[CH-][C@@H]12.O=C[C@]12CC[C@@H]3CCC[C@H]3[C@@H]1CC[C@H]1CCC[CH-][C@@H]12.O=C[C@]12CC[C@@H]3CCC[C@H]3[C@@H]1CC[C@H]1CCC[CH-][C@@H]12.O=C[C@]12CC[C@@H]3CCC[C@H]3[C@@H]1CC[C@H]1CCC[CH-][C@@H]12.O=C[C@]12CC[C@@H]3CCC[C@H]3[C@@H]1CC[C@H]1CCC[CH-][C@@H]12.O=C[C@]12CC[C@@H]3CCC[C@H]3[C@@H]1CC[C@H]1CCC[CH-][C@@H]12.[Nb+2].[Zr]. The second-order valence-corrected chi connectivity index (χ2v) is 46.6. The molecule has 24 aliphatic carbocycles. The van der Waals surface area contributed by atoms with Crippen molar-refractivity contribution in [3.63, 3.8) is 0 Å². The van der Waals surface area contributed by atoms with Crippen molar-refractivity contribution in [2.75, 3.05) is 0 Å². The summed E-state index contributed by atoms with van der Waals surface area (Å²) in [7, 11) is 0. The quantitative estimate of drug-likeness (QED) is 0.149. The zero-order chi connectivity index (χ0) is 77.2. The molecule has 0 aromatic heterocycles. The smallest absolute Gasteiger partial charge is 0.324 e. The van der Waals surface area contributed by atoms with Gasteiger partial charge < -0.3 is 67.3 Å². The third-order valence-electron chi connectivity index (χ3n) is 43.6. The van der Waals surface area contributed by atoms with Crippen LogP contribution in [0, 0.1) is 249 Å². The van der Waals surface area contributed by atoms with Gasteiger partial charge in [0.05, 0.1) is 0 Å². The summed E-state index contributed by atoms with van der Waals surface area (Å²) < 4.78 is 0. The van der Waals surface area contributed by atoms with Crippen LogP contribution < -0.4 is 0 Å². The maximum absolute atomic E-state index is 12.1. The predicted molar refractivity (Wildman–Crippen MR) is 459 cm³/mol. The van der Waals surface area contributed by atoms with Crippen molar-refractivity contribution >= 4 is 37.7 Å². The minimum absolute atomic E-state index is 0. The Bertz CT molecular complexity index is 2740. The van der Waals surface area contributed by atoms with Gasteiger partial charge >= 0.3 is 22.4 Å². The van der Waals surface area contributed by atoms with Gasteiger partial charge in [-0.1, -0.05) is 228 Å². The van der Waals surface area contributed by atoms with Crippen LogP contribution in [-0.2, 0) is 77.4 Å². The fourth-order valence-electron chi connectivity index (χ4n) is 39.1. The molecule has 0 heterocycles. The second-order valence-electron chi connectivity index (χ2n) is 46.6. The van der Waals surface area contributed by atoms with E-state index >= 15 is 0 Å². The molecule has 0 saturated heterocycles. The van der Waals surface area contributed by atoms with Gasteiger partial charge in [-0.3, -0.25) is 0 Å². The Morgan fingerprint density at radius 2 is 0.319 bits per heavy atom. The molecule has 0 spiro atoms. The number of carbonyl (C=O) groups is 6. The summed E-state index contributed by atoms with van der Waals surface area (Å²) >= 11 is 0. The van der Waals surface area contributed by atoms with Gasteiger partial charge in [0.25, 0.3) is 0 Å². The molecule has 24 rings (SSSR count). The second kappa shape index (κ2) is 37.9. The van der Waals surface area contributed by atoms with E-state index in [4.69, 9.17) is 0 Å². The molecule has 0 N–H and O–H groups in total. The standard InChI is InChI=1S/6C18H27O.Nb.Zr/c6*19-12-18-11-10-13-5-3-6-15(13)17(18)9-8-14-4-1-2-7-16(14)18;;/h6*7,12-17H,1-6,8-11H2;;/q6*-1;+2;/t6*13-,14+,15+,16-,17-,18-;;/m000000../s1. The van der Waals surface area contributed by atoms with Crippen LogP contribution in [0.15, 0.2) is 0 Å². The Morgan fingerprint density at radius 1 is 0.172 bits per heavy atom. The first-order valence-corrected chi connectivity index (χ1v) is 51.9. The summed E-state index contributed by atoms with van der Waals surface area (Å²) in [5, 5.41) is 0. The maximum atomic E-state index is 12.1. The summed E-state index contributed by atoms with van der Waals surface area (Å²) in [4.78, 5) is 72.8. The normalized spacial score (nSPS) is 52.0. The fraction of sp³-hybridized carbons (Fsp3) is 0.889. The number of fused-ring (bicyclic) bond motifs is 30. The molecule has 24 saturated carbocycles. The van der Waals surface area contributed by atoms with E-state index in [1.165, 1.54) is 423 Å². The van der Waals surface area contributed by atoms with Crippen LogP contribution in [-0.4, -0.2) is 37.7 Å². The molecule has 0 aromatic rings. The average Bonchev–Trinajstić information content (AvgIpc) is 1.61. The molecule has 0 aliphatic heterocycles. The van der Waals surface area contributed by atoms with Crippen LogP contribution >= 0.6 is 0 Å². The monoisotopic (exact) mass is 1740 g/mol. The number of hydrogen-bond donors (Lipinski definition) is 0. The molecule has 116 heavy (non-hydrogen) atoms. The van der Waals surface area contributed by atoms with E-state index in [0.717, 1.165) is 142 Å². The van der Waals surface area contributed by atoms with E-state index < -0.39 is 0 Å². The van der Waals surface area contributed by atoms with Gasteiger partial charge in [-0.15, -0.1) is 0 Å². The molecule has 8 heteroatoms. The average molecular weight is 1740 g/mol. The van der Waals surface area contributed by atoms with E-state index in [9.17, 15) is 28.8 Å². The van der Waals surface area contributed by atoms with E-state index in [0.29, 0.717) is 35.5 Å². The Morgan fingerprint density at radius 3 is 0.466 bits per heavy atom. The molecule has 0 unspecified atom stereocenters. The van der Waals surface area contributed by atoms with Crippen molar-refractivity contribution in [1.29, 1.82) is 0 Å². The van der Waals surface area contributed by atoms with Gasteiger partial charge in [0.15, 0.2) is 0 Å². The van der Waals surface area contributed by atoms with Crippen molar-refractivity contribution in [2.45, 2.75) is 385 Å². The number of rotatable bonds is 6. The van der Waals surface area contributed by atoms with Gasteiger partial charge in [0.2, 0.25) is 0 Å². The van der Waals surface area contributed by atoms with Gasteiger partial charge in [-0.25, -0.2) is 0 Å². The van der Waals surface area contributed by atoms with E-state index in [-0.39, 0.29) is 81.1 Å². The first-order valence-electron chi connectivity index (χ1n) is 51.9. The predicted octanol–water partition coefficient (Wildman–Crippen LogP) is 26.5. The van der Waals surface area contributed by atoms with Gasteiger partial charge in [-0.2, -0.15) is 74.0 Å². The summed E-state index contributed by atoms with van der Waals surface area (Å²) in [5.74, 6) is 24.5. The molecular formula is C108H162NbO6Zr-4. The summed E-state index contributed by atoms with van der Waals surface area (Å²) in [6, 6.07) is 0. The van der Waals surface area contributed by atoms with Crippen LogP contribution in [0.5, 0.6) is 0 Å². The number of hydrogen-bond acceptors (Lipinski definition) is 6. The Kier molecular flexibility index (Phi) is 28.7. The number of aldehydes is 6. The molecular weight excluding hydrogens is 1580 g/mol. The van der Waals surface area contributed by atoms with Crippen LogP contribution in [0.4, 0.5) is 0 Å². The zero-order valence-electron chi connectivity index (χ0n) is 73.1. The van der Waals surface area contributed by atoms with Crippen molar-refractivity contribution in [3.8, 4) is 0 Å². The molecule has 6 nitrogen and oxygen atoms in total. The topological polar surface area (TPSA) is 102 Å². The van der Waals surface area contributed by atoms with Crippen LogP contribution in [0.2, 0.25) is 0 Å². The summed E-state index contributed by atoms with van der Waals surface area (Å²) in [6.07, 6.45) is 106. The molecule has 0 bridgehead atoms. The minimum atomic E-state index is 0. The Balaban J connectivity index is 0.0000000998. The van der Waals surface area contributed by atoms with E-state index in [2.05, 4.69) is 38.5 Å². The van der Waals surface area contributed by atoms with Crippen LogP contribution in [0.3, 0.4) is 0 Å². The molecule has 643 valence electrons. The third-order valence-corrected chi connectivity index (χ3v) is 43.6. The van der Waals surface area contributed by atoms with Crippen molar-refractivity contribution in [2.24, 2.45) is 210 Å². The molecule has 36 atom stereocenters. The molecule has 24 fully saturated rings. The van der Waals surface area contributed by atoms with E-state index in [1.807, 2.05) is 0 Å². The fourth-order valence-corrected chi connectivity index (χ4v) is 39.1. The Labute approximate surface area is 743 Å². The first kappa shape index (κ1) is 87.7. The van der Waals surface area contributed by atoms with Crippen molar-refractivity contribution < 1.29 is 77.4 Å². The molecule has 24 aliphatic rings. The van der Waals surface area contributed by atoms with Gasteiger partial charge in [-0.05, 0) is 261 Å². The van der Waals surface area contributed by atoms with Gasteiger partial charge in [0, 0.05) is 58.7 Å². The molecule has 1 radical (unpaired) electrons. The maximum Gasteiger partial charge on any atom is 2.00 e. The zero-order valence-corrected chi connectivity index (χ0v) is 77.7. The van der Waals surface area contributed by atoms with E-state index in [1.54, 1.807) is 0 Å². The van der Waals surface area contributed by atoms with Crippen LogP contribution in [0.1, 0.15) is 385 Å². The largest absolute Gasteiger partial charge is 2.00 e. The molecule has 0 amide bonds.